The summed E-state index contributed by atoms with van der Waals surface area (Å²) in [4.78, 5) is 20.2. The van der Waals surface area contributed by atoms with Gasteiger partial charge in [0, 0.05) is 45.2 Å². The summed E-state index contributed by atoms with van der Waals surface area (Å²) in [5, 5.41) is 7.02. The summed E-state index contributed by atoms with van der Waals surface area (Å²) >= 11 is 0. The molecular weight excluding hydrogens is 326 g/mol. The van der Waals surface area contributed by atoms with Gasteiger partial charge in [-0.1, -0.05) is 24.3 Å². The van der Waals surface area contributed by atoms with Crippen molar-refractivity contribution in [1.82, 2.24) is 20.4 Å². The fourth-order valence-electron chi connectivity index (χ4n) is 4.04. The van der Waals surface area contributed by atoms with E-state index in [0.29, 0.717) is 6.42 Å². The van der Waals surface area contributed by atoms with Gasteiger partial charge in [0.1, 0.15) is 0 Å². The number of piperidine rings is 1. The summed E-state index contributed by atoms with van der Waals surface area (Å²) in [6, 6.07) is 8.98. The molecule has 2 N–H and O–H groups in total. The average Bonchev–Trinajstić information content (AvgIpc) is 3.01. The molecule has 3 rings (SSSR count). The van der Waals surface area contributed by atoms with Crippen molar-refractivity contribution in [2.45, 2.75) is 37.3 Å². The number of nitrogens with one attached hydrogen (secondary N) is 2. The fourth-order valence-corrected chi connectivity index (χ4v) is 4.04. The maximum atomic E-state index is 11.7. The molecule has 1 aromatic rings. The first-order valence-electron chi connectivity index (χ1n) is 9.39. The summed E-state index contributed by atoms with van der Waals surface area (Å²) in [6.07, 6.45) is 3.54. The van der Waals surface area contributed by atoms with Gasteiger partial charge in [0.05, 0.1) is 0 Å². The minimum atomic E-state index is 0.0562. The molecule has 0 radical (unpaired) electrons. The molecule has 0 saturated carbocycles. The minimum absolute atomic E-state index is 0.0562. The van der Waals surface area contributed by atoms with E-state index in [4.69, 9.17) is 0 Å². The van der Waals surface area contributed by atoms with Crippen molar-refractivity contribution >= 4 is 11.9 Å². The monoisotopic (exact) mass is 357 g/mol. The Morgan fingerprint density at radius 3 is 2.50 bits per heavy atom. The number of guanidine groups is 1. The highest BCUT2D eigenvalue weighted by molar-refractivity contribution is 5.81. The topological polar surface area (TPSA) is 60.0 Å². The summed E-state index contributed by atoms with van der Waals surface area (Å²) in [5.41, 5.74) is 2.94. The molecule has 1 aromatic carbocycles. The predicted octanol–water partition coefficient (Wildman–Crippen LogP) is 0.871. The van der Waals surface area contributed by atoms with Gasteiger partial charge < -0.3 is 20.4 Å². The number of carbonyl (C=O) groups is 1. The zero-order chi connectivity index (χ0) is 18.7. The van der Waals surface area contributed by atoms with Crippen molar-refractivity contribution < 1.29 is 4.79 Å². The van der Waals surface area contributed by atoms with Crippen LogP contribution in [0.1, 0.15) is 24.0 Å². The molecule has 1 unspecified atom stereocenters. The van der Waals surface area contributed by atoms with E-state index in [1.165, 1.54) is 11.1 Å². The van der Waals surface area contributed by atoms with Crippen LogP contribution >= 0.6 is 0 Å². The molecule has 1 fully saturated rings. The van der Waals surface area contributed by atoms with E-state index >= 15 is 0 Å². The quantitative estimate of drug-likeness (QED) is 0.620. The summed E-state index contributed by atoms with van der Waals surface area (Å²) in [5.74, 6) is 1.04. The highest BCUT2D eigenvalue weighted by Crippen LogP contribution is 2.33. The van der Waals surface area contributed by atoms with Crippen molar-refractivity contribution in [2.75, 3.05) is 41.3 Å². The Morgan fingerprint density at radius 2 is 1.96 bits per heavy atom. The van der Waals surface area contributed by atoms with Crippen molar-refractivity contribution in [3.63, 3.8) is 0 Å². The molecule has 2 aliphatic rings. The number of aliphatic imine (C=N–C) groups is 1. The molecule has 0 bridgehead atoms. The van der Waals surface area contributed by atoms with Gasteiger partial charge in [-0.15, -0.1) is 0 Å². The Balaban J connectivity index is 1.61. The molecular formula is C20H31N5O. The zero-order valence-corrected chi connectivity index (χ0v) is 16.4. The van der Waals surface area contributed by atoms with Crippen molar-refractivity contribution in [1.29, 1.82) is 0 Å². The number of rotatable bonds is 4. The van der Waals surface area contributed by atoms with Crippen LogP contribution in [-0.2, 0) is 17.6 Å². The number of hydrogen-bond donors (Lipinski definition) is 2. The molecule has 6 heteroatoms. The lowest BCUT2D eigenvalue weighted by atomic mass is 9.94. The second-order valence-corrected chi connectivity index (χ2v) is 7.82. The normalized spacial score (nSPS) is 22.5. The molecule has 1 heterocycles. The van der Waals surface area contributed by atoms with Gasteiger partial charge in [0.2, 0.25) is 5.91 Å². The SMILES string of the molecule is CN=C(NCC1(N(C)C)Cc2ccccc2C1)NC1CCC(=O)N(C)C1. The smallest absolute Gasteiger partial charge is 0.222 e. The van der Waals surface area contributed by atoms with E-state index in [-0.39, 0.29) is 17.5 Å². The van der Waals surface area contributed by atoms with Gasteiger partial charge in [-0.25, -0.2) is 0 Å². The zero-order valence-electron chi connectivity index (χ0n) is 16.4. The lowest BCUT2D eigenvalue weighted by Gasteiger charge is -2.37. The third-order valence-electron chi connectivity index (χ3n) is 5.88. The number of nitrogens with zero attached hydrogens (tertiary/aromatic N) is 3. The van der Waals surface area contributed by atoms with Crippen LogP contribution in [-0.4, -0.2) is 74.5 Å². The van der Waals surface area contributed by atoms with Gasteiger partial charge in [-0.05, 0) is 44.5 Å². The maximum Gasteiger partial charge on any atom is 0.222 e. The van der Waals surface area contributed by atoms with E-state index in [1.54, 1.807) is 11.9 Å². The highest BCUT2D eigenvalue weighted by Gasteiger charge is 2.39. The standard InChI is InChI=1S/C20H31N5O/c1-21-19(23-17-9-10-18(26)25(4)13-17)22-14-20(24(2)3)11-15-7-5-6-8-16(15)12-20/h5-8,17H,9-14H2,1-4H3,(H2,21,22,23). The number of likely N-dealkylation sites (N-methyl/N-ethyl adjacent to an activating group) is 2. The predicted molar refractivity (Wildman–Crippen MR) is 105 cm³/mol. The van der Waals surface area contributed by atoms with E-state index in [9.17, 15) is 4.79 Å². The molecule has 0 spiro atoms. The number of hydrogen-bond acceptors (Lipinski definition) is 3. The number of amides is 1. The number of likely N-dealkylation sites (tertiary alicyclic amines) is 1. The second kappa shape index (κ2) is 7.66. The lowest BCUT2D eigenvalue weighted by Crippen LogP contribution is -2.57. The highest BCUT2D eigenvalue weighted by atomic mass is 16.2. The Hall–Kier alpha value is -2.08. The van der Waals surface area contributed by atoms with Gasteiger partial charge in [0.15, 0.2) is 5.96 Å². The van der Waals surface area contributed by atoms with Gasteiger partial charge in [-0.2, -0.15) is 0 Å². The summed E-state index contributed by atoms with van der Waals surface area (Å²) in [7, 11) is 7.98. The second-order valence-electron chi connectivity index (χ2n) is 7.82. The summed E-state index contributed by atoms with van der Waals surface area (Å²) in [6.45, 7) is 1.56. The Morgan fingerprint density at radius 1 is 1.31 bits per heavy atom. The van der Waals surface area contributed by atoms with Crippen LogP contribution in [0.4, 0.5) is 0 Å². The van der Waals surface area contributed by atoms with Crippen molar-refractivity contribution in [3.8, 4) is 0 Å². The van der Waals surface area contributed by atoms with Crippen LogP contribution in [0, 0.1) is 0 Å². The molecule has 1 aliphatic carbocycles. The van der Waals surface area contributed by atoms with Crippen LogP contribution in [0.25, 0.3) is 0 Å². The molecule has 26 heavy (non-hydrogen) atoms. The summed E-state index contributed by atoms with van der Waals surface area (Å²) < 4.78 is 0. The van der Waals surface area contributed by atoms with Gasteiger partial charge >= 0.3 is 0 Å². The fraction of sp³-hybridized carbons (Fsp3) is 0.600. The van der Waals surface area contributed by atoms with Crippen LogP contribution in [0.15, 0.2) is 29.3 Å². The number of benzene rings is 1. The van der Waals surface area contributed by atoms with Gasteiger partial charge in [-0.3, -0.25) is 9.79 Å². The molecule has 1 aliphatic heterocycles. The maximum absolute atomic E-state index is 11.7. The lowest BCUT2D eigenvalue weighted by molar-refractivity contribution is -0.132. The number of carbonyl (C=O) groups excluding carboxylic acids is 1. The third-order valence-corrected chi connectivity index (χ3v) is 5.88. The molecule has 1 amide bonds. The number of fused-ring (bicyclic) bond motifs is 1. The molecule has 1 saturated heterocycles. The first-order chi connectivity index (χ1) is 12.4. The van der Waals surface area contributed by atoms with Crippen LogP contribution in [0.3, 0.4) is 0 Å². The van der Waals surface area contributed by atoms with Crippen molar-refractivity contribution in [2.24, 2.45) is 4.99 Å². The Kier molecular flexibility index (Phi) is 5.51. The van der Waals surface area contributed by atoms with Gasteiger partial charge in [0.25, 0.3) is 0 Å². The van der Waals surface area contributed by atoms with Crippen LogP contribution in [0.5, 0.6) is 0 Å². The van der Waals surface area contributed by atoms with E-state index in [2.05, 4.69) is 58.9 Å². The van der Waals surface area contributed by atoms with E-state index in [1.807, 2.05) is 7.05 Å². The minimum Gasteiger partial charge on any atom is -0.355 e. The molecule has 1 atom stereocenters. The first kappa shape index (κ1) is 18.7. The van der Waals surface area contributed by atoms with E-state index in [0.717, 1.165) is 38.3 Å². The molecule has 0 aromatic heterocycles. The average molecular weight is 358 g/mol. The largest absolute Gasteiger partial charge is 0.355 e. The first-order valence-corrected chi connectivity index (χ1v) is 9.39. The van der Waals surface area contributed by atoms with Crippen LogP contribution in [0.2, 0.25) is 0 Å². The third kappa shape index (κ3) is 3.85. The Labute approximate surface area is 156 Å². The van der Waals surface area contributed by atoms with Crippen LogP contribution < -0.4 is 10.6 Å². The van der Waals surface area contributed by atoms with Crippen molar-refractivity contribution in [3.05, 3.63) is 35.4 Å². The Bertz CT molecular complexity index is 660. The molecule has 142 valence electrons. The van der Waals surface area contributed by atoms with E-state index < -0.39 is 0 Å². The molecule has 6 nitrogen and oxygen atoms in total.